The topological polar surface area (TPSA) is 54.4 Å². The summed E-state index contributed by atoms with van der Waals surface area (Å²) in [5, 5.41) is 8.38. The van der Waals surface area contributed by atoms with E-state index in [0.29, 0.717) is 0 Å². The van der Waals surface area contributed by atoms with Crippen molar-refractivity contribution in [1.82, 2.24) is 0 Å². The zero-order chi connectivity index (χ0) is 13.3. The number of rotatable bonds is 4. The first-order chi connectivity index (χ1) is 7.73. The maximum absolute atomic E-state index is 14.1. The summed E-state index contributed by atoms with van der Waals surface area (Å²) in [5.74, 6) is 0. The predicted molar refractivity (Wildman–Crippen MR) is 64.3 cm³/mol. The van der Waals surface area contributed by atoms with Crippen LogP contribution in [0.15, 0.2) is 29.2 Å². The van der Waals surface area contributed by atoms with Crippen LogP contribution in [-0.2, 0) is 15.5 Å². The number of halogens is 1. The second kappa shape index (κ2) is 4.74. The summed E-state index contributed by atoms with van der Waals surface area (Å²) in [4.78, 5) is -0.0472. The molecule has 0 aliphatic heterocycles. The molecule has 0 heterocycles. The Hall–Kier alpha value is -0.940. The molecule has 0 fully saturated rings. The number of hydrogen-bond donors (Lipinski definition) is 1. The van der Waals surface area contributed by atoms with E-state index >= 15 is 0 Å². The summed E-state index contributed by atoms with van der Waals surface area (Å²) in [6.45, 7) is 3.50. The Morgan fingerprint density at radius 2 is 1.88 bits per heavy atom. The third-order valence-electron chi connectivity index (χ3n) is 2.67. The van der Waals surface area contributed by atoms with Gasteiger partial charge in [0, 0.05) is 5.56 Å². The summed E-state index contributed by atoms with van der Waals surface area (Å²) in [5.41, 5.74) is -2.05. The Kier molecular flexibility index (Phi) is 3.94. The quantitative estimate of drug-likeness (QED) is 0.901. The van der Waals surface area contributed by atoms with Gasteiger partial charge in [-0.05, 0) is 26.8 Å². The highest BCUT2D eigenvalue weighted by Crippen LogP contribution is 2.32. The van der Waals surface area contributed by atoms with E-state index in [2.05, 4.69) is 0 Å². The molecule has 1 atom stereocenters. The highest BCUT2D eigenvalue weighted by atomic mass is 32.2. The molecule has 1 aromatic carbocycles. The van der Waals surface area contributed by atoms with Crippen molar-refractivity contribution in [2.24, 2.45) is 0 Å². The Balaban J connectivity index is 3.48. The fourth-order valence-corrected chi connectivity index (χ4v) is 2.85. The van der Waals surface area contributed by atoms with Gasteiger partial charge in [0.15, 0.2) is 15.5 Å². The first-order valence-electron chi connectivity index (χ1n) is 5.36. The van der Waals surface area contributed by atoms with Crippen LogP contribution in [0.4, 0.5) is 4.39 Å². The van der Waals surface area contributed by atoms with Gasteiger partial charge in [0.05, 0.1) is 16.8 Å². The van der Waals surface area contributed by atoms with Gasteiger partial charge < -0.3 is 5.11 Å². The monoisotopic (exact) mass is 260 g/mol. The second-order valence-corrected chi connectivity index (χ2v) is 6.92. The maximum atomic E-state index is 14.1. The van der Waals surface area contributed by atoms with Crippen LogP contribution in [0.5, 0.6) is 0 Å². The lowest BCUT2D eigenvalue weighted by Crippen LogP contribution is -2.25. The number of benzene rings is 1. The first kappa shape index (κ1) is 14.1. The van der Waals surface area contributed by atoms with E-state index in [1.54, 1.807) is 26.0 Å². The smallest absolute Gasteiger partial charge is 0.181 e. The van der Waals surface area contributed by atoms with E-state index in [0.717, 1.165) is 0 Å². The molecule has 0 bridgehead atoms. The molecule has 96 valence electrons. The first-order valence-corrected chi connectivity index (χ1v) is 6.91. The van der Waals surface area contributed by atoms with Crippen LogP contribution in [-0.4, -0.2) is 25.4 Å². The average Bonchev–Trinajstić information content (AvgIpc) is 2.29. The Bertz CT molecular complexity index is 492. The minimum absolute atomic E-state index is 0.0104. The van der Waals surface area contributed by atoms with E-state index in [-0.39, 0.29) is 10.5 Å². The van der Waals surface area contributed by atoms with Crippen molar-refractivity contribution < 1.29 is 17.9 Å². The highest BCUT2D eigenvalue weighted by Gasteiger charge is 2.32. The SMILES string of the molecule is CC(C)S(=O)(=O)c1ccccc1C(C)(F)CO. The van der Waals surface area contributed by atoms with E-state index in [1.807, 2.05) is 0 Å². The fraction of sp³-hybridized carbons (Fsp3) is 0.500. The van der Waals surface area contributed by atoms with Gasteiger partial charge in [0.2, 0.25) is 0 Å². The Morgan fingerprint density at radius 1 is 1.35 bits per heavy atom. The van der Waals surface area contributed by atoms with Crippen LogP contribution in [0.1, 0.15) is 26.3 Å². The molecule has 1 unspecified atom stereocenters. The van der Waals surface area contributed by atoms with Gasteiger partial charge in [-0.25, -0.2) is 12.8 Å². The van der Waals surface area contributed by atoms with Gasteiger partial charge in [-0.2, -0.15) is 0 Å². The highest BCUT2D eigenvalue weighted by molar-refractivity contribution is 7.92. The molecule has 1 N–H and O–H groups in total. The molecule has 1 rings (SSSR count). The van der Waals surface area contributed by atoms with Gasteiger partial charge in [-0.3, -0.25) is 0 Å². The van der Waals surface area contributed by atoms with E-state index in [4.69, 9.17) is 5.11 Å². The van der Waals surface area contributed by atoms with Crippen LogP contribution in [0.25, 0.3) is 0 Å². The number of sulfone groups is 1. The fourth-order valence-electron chi connectivity index (χ4n) is 1.48. The van der Waals surface area contributed by atoms with E-state index in [1.165, 1.54) is 19.1 Å². The van der Waals surface area contributed by atoms with Gasteiger partial charge in [-0.1, -0.05) is 18.2 Å². The lowest BCUT2D eigenvalue weighted by molar-refractivity contribution is 0.0842. The molecule has 0 amide bonds. The molecule has 0 radical (unpaired) electrons. The lowest BCUT2D eigenvalue weighted by Gasteiger charge is -2.22. The van der Waals surface area contributed by atoms with Crippen molar-refractivity contribution in [3.8, 4) is 0 Å². The summed E-state index contributed by atoms with van der Waals surface area (Å²) < 4.78 is 38.2. The second-order valence-electron chi connectivity index (χ2n) is 4.45. The molecular weight excluding hydrogens is 243 g/mol. The van der Waals surface area contributed by atoms with Crippen LogP contribution >= 0.6 is 0 Å². The zero-order valence-electron chi connectivity index (χ0n) is 10.1. The van der Waals surface area contributed by atoms with Gasteiger partial charge in [0.1, 0.15) is 0 Å². The third-order valence-corrected chi connectivity index (χ3v) is 4.88. The minimum Gasteiger partial charge on any atom is -0.393 e. The molecule has 0 saturated carbocycles. The summed E-state index contributed by atoms with van der Waals surface area (Å²) in [7, 11) is -3.55. The van der Waals surface area contributed by atoms with Crippen LogP contribution in [0.3, 0.4) is 0 Å². The summed E-state index contributed by atoms with van der Waals surface area (Å²) in [6, 6.07) is 5.87. The predicted octanol–water partition coefficient (Wildman–Crippen LogP) is 2.05. The van der Waals surface area contributed by atoms with Crippen LogP contribution in [0, 0.1) is 0 Å². The van der Waals surface area contributed by atoms with E-state index < -0.39 is 27.4 Å². The van der Waals surface area contributed by atoms with Crippen molar-refractivity contribution in [1.29, 1.82) is 0 Å². The summed E-state index contributed by atoms with van der Waals surface area (Å²) in [6.07, 6.45) is 0. The molecule has 0 aliphatic rings. The largest absolute Gasteiger partial charge is 0.393 e. The molecule has 5 heteroatoms. The average molecular weight is 260 g/mol. The van der Waals surface area contributed by atoms with Gasteiger partial charge >= 0.3 is 0 Å². The van der Waals surface area contributed by atoms with Gasteiger partial charge in [0.25, 0.3) is 0 Å². The van der Waals surface area contributed by atoms with Crippen molar-refractivity contribution >= 4 is 9.84 Å². The Morgan fingerprint density at radius 3 is 2.35 bits per heavy atom. The maximum Gasteiger partial charge on any atom is 0.181 e. The molecule has 1 aromatic rings. The standard InChI is InChI=1S/C12H17FO3S/c1-9(2)17(15,16)11-7-5-4-6-10(11)12(3,13)8-14/h4-7,9,14H,8H2,1-3H3. The number of aliphatic hydroxyl groups is 1. The molecule has 17 heavy (non-hydrogen) atoms. The van der Waals surface area contributed by atoms with Crippen molar-refractivity contribution in [2.75, 3.05) is 6.61 Å². The zero-order valence-corrected chi connectivity index (χ0v) is 11.0. The Labute approximate surface area is 101 Å². The number of hydrogen-bond acceptors (Lipinski definition) is 3. The van der Waals surface area contributed by atoms with Crippen molar-refractivity contribution in [3.05, 3.63) is 29.8 Å². The van der Waals surface area contributed by atoms with E-state index in [9.17, 15) is 12.8 Å². The van der Waals surface area contributed by atoms with Crippen molar-refractivity contribution in [3.63, 3.8) is 0 Å². The number of aliphatic hydroxyl groups excluding tert-OH is 1. The molecule has 0 aromatic heterocycles. The summed E-state index contributed by atoms with van der Waals surface area (Å²) >= 11 is 0. The molecule has 0 aliphatic carbocycles. The van der Waals surface area contributed by atoms with Crippen molar-refractivity contribution in [2.45, 2.75) is 36.6 Å². The third kappa shape index (κ3) is 2.66. The number of alkyl halides is 1. The minimum atomic E-state index is -3.55. The van der Waals surface area contributed by atoms with Crippen LogP contribution in [0.2, 0.25) is 0 Å². The lowest BCUT2D eigenvalue weighted by atomic mass is 9.99. The molecular formula is C12H17FO3S. The molecule has 0 spiro atoms. The van der Waals surface area contributed by atoms with Crippen LogP contribution < -0.4 is 0 Å². The van der Waals surface area contributed by atoms with Gasteiger partial charge in [-0.15, -0.1) is 0 Å². The molecule has 3 nitrogen and oxygen atoms in total. The molecule has 0 saturated heterocycles. The normalized spacial score (nSPS) is 15.9.